The number of fused-ring (bicyclic) bond motifs is 4. The average Bonchev–Trinajstić information content (AvgIpc) is 3.72. The maximum atomic E-state index is 8.67. The maximum absolute atomic E-state index is 8.67. The van der Waals surface area contributed by atoms with E-state index in [0.717, 1.165) is 64.6 Å². The quantitative estimate of drug-likeness (QED) is 0.135. The minimum absolute atomic E-state index is 0. The summed E-state index contributed by atoms with van der Waals surface area (Å²) in [7, 11) is 0. The van der Waals surface area contributed by atoms with Crippen LogP contribution in [0.2, 0.25) is 0 Å². The van der Waals surface area contributed by atoms with Crippen LogP contribution in [0.15, 0.2) is 115 Å². The van der Waals surface area contributed by atoms with E-state index in [0.29, 0.717) is 22.9 Å². The van der Waals surface area contributed by atoms with E-state index < -0.39 is 6.04 Å². The summed E-state index contributed by atoms with van der Waals surface area (Å²) in [5.74, 6) is 1.93. The monoisotopic (exact) mass is 867 g/mol. The van der Waals surface area contributed by atoms with Crippen LogP contribution in [0, 0.1) is 18.8 Å². The van der Waals surface area contributed by atoms with Crippen molar-refractivity contribution in [2.24, 2.45) is 0 Å². The van der Waals surface area contributed by atoms with E-state index in [1.165, 1.54) is 11.1 Å². The van der Waals surface area contributed by atoms with Gasteiger partial charge < -0.3 is 19.1 Å². The number of hydrogen-bond acceptors (Lipinski definition) is 4. The van der Waals surface area contributed by atoms with E-state index in [2.05, 4.69) is 87.7 Å². The Labute approximate surface area is 329 Å². The molecule has 0 bridgehead atoms. The van der Waals surface area contributed by atoms with E-state index in [-0.39, 0.29) is 56.3 Å². The molecule has 0 radical (unpaired) electrons. The first-order valence-electron chi connectivity index (χ1n) is 20.2. The van der Waals surface area contributed by atoms with Gasteiger partial charge in [0.1, 0.15) is 5.82 Å². The topological polar surface area (TPSA) is 33.5 Å². The Morgan fingerprint density at radius 1 is 0.808 bits per heavy atom. The minimum atomic E-state index is -0.431. The Bertz CT molecular complexity index is 2620. The fourth-order valence-corrected chi connectivity index (χ4v) is 6.89. The second kappa shape index (κ2) is 14.6. The smallest absolute Gasteiger partial charge is 0.135 e. The number of pyridine rings is 1. The maximum Gasteiger partial charge on any atom is 0.135 e. The Balaban J connectivity index is 0.00000496. The van der Waals surface area contributed by atoms with Crippen LogP contribution in [0.25, 0.3) is 27.6 Å². The predicted octanol–water partition coefficient (Wildman–Crippen LogP) is 12.2. The molecule has 0 fully saturated rings. The van der Waals surface area contributed by atoms with Gasteiger partial charge in [-0.2, -0.15) is 12.1 Å². The molecule has 0 spiro atoms. The predicted molar refractivity (Wildman–Crippen MR) is 211 cm³/mol. The van der Waals surface area contributed by atoms with Crippen LogP contribution >= 0.6 is 0 Å². The van der Waals surface area contributed by atoms with Crippen molar-refractivity contribution in [3.63, 3.8) is 0 Å². The van der Waals surface area contributed by atoms with Crippen molar-refractivity contribution in [2.45, 2.75) is 65.7 Å². The largest absolute Gasteiger partial charge is 0.509 e. The molecule has 0 atom stereocenters. The molecule has 0 amide bonds. The summed E-state index contributed by atoms with van der Waals surface area (Å²) >= 11 is 0. The van der Waals surface area contributed by atoms with E-state index in [1.807, 2.05) is 53.6 Å². The minimum Gasteiger partial charge on any atom is -0.509 e. The zero-order valence-corrected chi connectivity index (χ0v) is 32.3. The zero-order valence-electron chi connectivity index (χ0n) is 35.0. The first kappa shape index (κ1) is 29.7. The van der Waals surface area contributed by atoms with E-state index in [4.69, 9.17) is 16.6 Å². The van der Waals surface area contributed by atoms with Gasteiger partial charge in [0.25, 0.3) is 0 Å². The third-order valence-electron chi connectivity index (χ3n) is 9.40. The zero-order chi connectivity index (χ0) is 39.5. The van der Waals surface area contributed by atoms with Crippen LogP contribution < -0.4 is 14.5 Å². The molecule has 5 aromatic carbocycles. The number of aryl methyl sites for hydroxylation is 2. The third-order valence-corrected chi connectivity index (χ3v) is 9.40. The Morgan fingerprint density at radius 3 is 2.33 bits per heavy atom. The summed E-state index contributed by atoms with van der Waals surface area (Å²) in [6.07, 6.45) is 5.65. The molecule has 0 unspecified atom stereocenters. The number of ether oxygens (including phenoxy) is 1. The first-order valence-corrected chi connectivity index (χ1v) is 17.7. The molecule has 3 heterocycles. The molecule has 0 N–H and O–H groups in total. The molecule has 0 saturated heterocycles. The number of rotatable bonds is 9. The van der Waals surface area contributed by atoms with Gasteiger partial charge in [-0.15, -0.1) is 47.6 Å². The molecular weight excluding hydrogens is 820 g/mol. The van der Waals surface area contributed by atoms with Crippen molar-refractivity contribution in [3.05, 3.63) is 151 Å². The van der Waals surface area contributed by atoms with Crippen LogP contribution in [0.5, 0.6) is 11.5 Å². The van der Waals surface area contributed by atoms with Gasteiger partial charge >= 0.3 is 0 Å². The molecule has 52 heavy (non-hydrogen) atoms. The van der Waals surface area contributed by atoms with Gasteiger partial charge in [-0.25, -0.2) is 4.98 Å². The number of benzene rings is 5. The molecular formula is C46H43N4OPt-3. The molecule has 8 rings (SSSR count). The SMILES string of the molecule is [2H]c1c([2H])c([2H])c(N2[CH-]N(c3[c-]c(Oc4[c-]c5c(cc4CCC)c4cc(CCC)ccc4n5-c4cc(C(C)(C)C)ccn4)ccc3)c3ccccc32)c([2H])c1[2H].[Pt]. The van der Waals surface area contributed by atoms with Gasteiger partial charge in [0.15, 0.2) is 0 Å². The number of anilines is 4. The van der Waals surface area contributed by atoms with E-state index in [1.54, 1.807) is 11.6 Å². The number of para-hydroxylation sites is 3. The van der Waals surface area contributed by atoms with Crippen LogP contribution in [0.1, 0.15) is 71.0 Å². The summed E-state index contributed by atoms with van der Waals surface area (Å²) < 4.78 is 51.0. The summed E-state index contributed by atoms with van der Waals surface area (Å²) in [6, 6.07) is 31.9. The second-order valence-corrected chi connectivity index (χ2v) is 14.0. The molecule has 266 valence electrons. The van der Waals surface area contributed by atoms with Crippen molar-refractivity contribution < 1.29 is 32.7 Å². The van der Waals surface area contributed by atoms with Crippen LogP contribution in [0.4, 0.5) is 22.7 Å². The van der Waals surface area contributed by atoms with Gasteiger partial charge in [-0.05, 0) is 70.8 Å². The van der Waals surface area contributed by atoms with Crippen molar-refractivity contribution in [1.82, 2.24) is 9.55 Å². The number of nitrogens with zero attached hydrogens (tertiary/aromatic N) is 4. The van der Waals surface area contributed by atoms with Crippen molar-refractivity contribution in [1.29, 1.82) is 0 Å². The summed E-state index contributed by atoms with van der Waals surface area (Å²) in [5, 5.41) is 2.26. The van der Waals surface area contributed by atoms with E-state index in [9.17, 15) is 0 Å². The molecule has 5 nitrogen and oxygen atoms in total. The average molecular weight is 868 g/mol. The number of aromatic nitrogens is 2. The van der Waals surface area contributed by atoms with Gasteiger partial charge in [0.2, 0.25) is 0 Å². The van der Waals surface area contributed by atoms with Gasteiger partial charge in [-0.3, -0.25) is 0 Å². The molecule has 0 aliphatic carbocycles. The normalized spacial score (nSPS) is 14.1. The molecule has 0 saturated carbocycles. The van der Waals surface area contributed by atoms with Crippen LogP contribution in [0.3, 0.4) is 0 Å². The molecule has 6 heteroatoms. The molecule has 1 aliphatic heterocycles. The number of hydrogen-bond donors (Lipinski definition) is 0. The third kappa shape index (κ3) is 6.63. The van der Waals surface area contributed by atoms with Crippen LogP contribution in [-0.2, 0) is 39.3 Å². The Morgan fingerprint density at radius 2 is 1.58 bits per heavy atom. The summed E-state index contributed by atoms with van der Waals surface area (Å²) in [4.78, 5) is 8.42. The van der Waals surface area contributed by atoms with Crippen molar-refractivity contribution in [2.75, 3.05) is 9.80 Å². The fourth-order valence-electron chi connectivity index (χ4n) is 6.89. The fraction of sp³-hybridized carbons (Fsp3) is 0.217. The Kier molecular flexibility index (Phi) is 8.36. The summed E-state index contributed by atoms with van der Waals surface area (Å²) in [6.45, 7) is 12.7. The molecule has 1 aliphatic rings. The molecule has 2 aromatic heterocycles. The van der Waals surface area contributed by atoms with Crippen molar-refractivity contribution >= 4 is 44.6 Å². The van der Waals surface area contributed by atoms with Gasteiger partial charge in [0.05, 0.1) is 6.85 Å². The standard InChI is InChI=1S/C46H43N4O.Pt/c1-6-14-32-22-23-40-38(26-32)39-27-33(15-7-2)44(30-43(39)50(40)45-28-34(24-25-47-45)46(3,4)5)51-37-19-13-18-36(29-37)49-31-48(35-16-9-8-10-17-35)41-20-11-12-21-42(41)49;/h8-13,16-28,31H,6-7,14-15H2,1-5H3;/q-3;/i8D,9D,10D,16D,17D;. The first-order chi connectivity index (χ1) is 26.9. The van der Waals surface area contributed by atoms with Gasteiger partial charge in [0, 0.05) is 61.3 Å². The second-order valence-electron chi connectivity index (χ2n) is 14.0. The summed E-state index contributed by atoms with van der Waals surface area (Å²) in [5.41, 5.74) is 7.59. The Hall–Kier alpha value is -4.86. The van der Waals surface area contributed by atoms with Gasteiger partial charge in [-0.1, -0.05) is 102 Å². The van der Waals surface area contributed by atoms with E-state index >= 15 is 0 Å². The van der Waals surface area contributed by atoms with Crippen LogP contribution in [-0.4, -0.2) is 9.55 Å². The van der Waals surface area contributed by atoms with Crippen molar-refractivity contribution in [3.8, 4) is 17.3 Å². The molecule has 7 aromatic rings.